The van der Waals surface area contributed by atoms with Crippen molar-refractivity contribution in [3.8, 4) is 0 Å². The molecule has 0 spiro atoms. The Labute approximate surface area is 199 Å². The average Bonchev–Trinajstić information content (AvgIpc) is 2.75. The van der Waals surface area contributed by atoms with Crippen LogP contribution in [-0.2, 0) is 43.0 Å². The van der Waals surface area contributed by atoms with E-state index in [0.29, 0.717) is 24.2 Å². The molecule has 1 aliphatic rings. The Kier molecular flexibility index (Phi) is 12.3. The zero-order valence-electron chi connectivity index (χ0n) is 21.1. The molecular formula is C15H42O11Si6. The van der Waals surface area contributed by atoms with E-state index in [-0.39, 0.29) is 6.23 Å². The summed E-state index contributed by atoms with van der Waals surface area (Å²) in [5, 5.41) is 10.1. The lowest BCUT2D eigenvalue weighted by atomic mass is 10.9. The van der Waals surface area contributed by atoms with Gasteiger partial charge in [0.15, 0.2) is 0 Å². The van der Waals surface area contributed by atoms with Gasteiger partial charge in [0.2, 0.25) is 0 Å². The lowest BCUT2D eigenvalue weighted by Gasteiger charge is -2.46. The van der Waals surface area contributed by atoms with Crippen LogP contribution in [0.1, 0.15) is 0 Å². The molecule has 1 aliphatic heterocycles. The van der Waals surface area contributed by atoms with Crippen LogP contribution in [0, 0.1) is 0 Å². The van der Waals surface area contributed by atoms with Gasteiger partial charge in [-0.3, -0.25) is 0 Å². The third-order valence-electron chi connectivity index (χ3n) is 5.62. The second kappa shape index (κ2) is 12.7. The number of aliphatic hydroxyl groups excluding tert-OH is 1. The van der Waals surface area contributed by atoms with Gasteiger partial charge >= 0.3 is 52.6 Å². The minimum atomic E-state index is -2.90. The summed E-state index contributed by atoms with van der Waals surface area (Å²) in [4.78, 5) is 0. The van der Waals surface area contributed by atoms with Gasteiger partial charge in [0.25, 0.3) is 0 Å². The van der Waals surface area contributed by atoms with Gasteiger partial charge < -0.3 is 48.1 Å². The van der Waals surface area contributed by atoms with Gasteiger partial charge in [0, 0.05) is 54.7 Å². The van der Waals surface area contributed by atoms with Crippen LogP contribution < -0.4 is 0 Å². The molecule has 32 heavy (non-hydrogen) atoms. The molecule has 17 heteroatoms. The zero-order valence-corrected chi connectivity index (χ0v) is 27.3. The molecular weight excluding hydrogens is 525 g/mol. The number of hydrogen-bond acceptors (Lipinski definition) is 11. The molecule has 0 aromatic heterocycles. The van der Waals surface area contributed by atoms with Crippen molar-refractivity contribution in [2.75, 3.05) is 48.9 Å². The molecule has 4 atom stereocenters. The van der Waals surface area contributed by atoms with E-state index in [2.05, 4.69) is 0 Å². The molecule has 0 saturated carbocycles. The SMILES string of the molecule is CO[Si](CC[Si]1(C)O[SiH](C)O[Si](C)(CO)O[Si](C)(CC[Si](OC)(OC)OC)O1)(OC)OC. The molecule has 192 valence electrons. The molecule has 0 radical (unpaired) electrons. The van der Waals surface area contributed by atoms with Crippen molar-refractivity contribution in [2.45, 2.75) is 50.4 Å². The smallest absolute Gasteiger partial charge is 0.418 e. The van der Waals surface area contributed by atoms with Crippen molar-refractivity contribution in [3.05, 3.63) is 0 Å². The highest BCUT2D eigenvalue weighted by Crippen LogP contribution is 2.35. The van der Waals surface area contributed by atoms with E-state index in [1.165, 1.54) is 0 Å². The number of aliphatic hydroxyl groups is 1. The summed E-state index contributed by atoms with van der Waals surface area (Å²) < 4.78 is 59.7. The number of rotatable bonds is 13. The standard InChI is InChI=1S/C15H42O11Si6/c1-17-31(18-2,19-3)13-11-28(8)23-27(7)24-30(10,15-16)26-29(9,25-28)12-14-32(20-4,21-5)22-6/h16,27H,11-15H2,1-10H3. The van der Waals surface area contributed by atoms with Crippen LogP contribution in [0.4, 0.5) is 0 Å². The highest BCUT2D eigenvalue weighted by molar-refractivity contribution is 6.91. The van der Waals surface area contributed by atoms with Gasteiger partial charge in [-0.25, -0.2) is 0 Å². The Bertz CT molecular complexity index is 555. The Morgan fingerprint density at radius 3 is 1.38 bits per heavy atom. The number of hydrogen-bond donors (Lipinski definition) is 1. The Morgan fingerprint density at radius 2 is 1.00 bits per heavy atom. The average molecular weight is 567 g/mol. The predicted molar refractivity (Wildman–Crippen MR) is 132 cm³/mol. The van der Waals surface area contributed by atoms with Gasteiger partial charge in [-0.1, -0.05) is 0 Å². The first-order valence-electron chi connectivity index (χ1n) is 10.5. The third kappa shape index (κ3) is 8.22. The summed E-state index contributed by atoms with van der Waals surface area (Å²) in [5.74, 6) is 0. The maximum absolute atomic E-state index is 10.1. The molecule has 0 aromatic carbocycles. The molecule has 4 unspecified atom stereocenters. The van der Waals surface area contributed by atoms with E-state index in [9.17, 15) is 5.11 Å². The molecule has 1 fully saturated rings. The predicted octanol–water partition coefficient (Wildman–Crippen LogP) is 1.42. The summed E-state index contributed by atoms with van der Waals surface area (Å²) >= 11 is 0. The summed E-state index contributed by atoms with van der Waals surface area (Å²) in [7, 11) is -6.81. The summed E-state index contributed by atoms with van der Waals surface area (Å²) in [6, 6.07) is 2.20. The van der Waals surface area contributed by atoms with Gasteiger partial charge in [0.05, 0.1) is 6.23 Å². The van der Waals surface area contributed by atoms with Crippen LogP contribution in [0.25, 0.3) is 0 Å². The normalized spacial score (nSPS) is 32.5. The minimum absolute atomic E-state index is 0.174. The summed E-state index contributed by atoms with van der Waals surface area (Å²) in [6.45, 7) is 7.79. The molecule has 0 aromatic rings. The first-order valence-corrected chi connectivity index (χ1v) is 24.1. The van der Waals surface area contributed by atoms with Crippen LogP contribution in [-0.4, -0.2) is 107 Å². The highest BCUT2D eigenvalue weighted by Gasteiger charge is 2.55. The second-order valence-electron chi connectivity index (χ2n) is 8.16. The lowest BCUT2D eigenvalue weighted by Crippen LogP contribution is -2.65. The summed E-state index contributed by atoms with van der Waals surface area (Å²) in [5.41, 5.74) is 0. The van der Waals surface area contributed by atoms with Crippen molar-refractivity contribution in [2.24, 2.45) is 0 Å². The first-order chi connectivity index (χ1) is 14.9. The fourth-order valence-corrected chi connectivity index (χ4v) is 29.8. The van der Waals surface area contributed by atoms with Gasteiger partial charge in [-0.05, 0) is 38.3 Å². The van der Waals surface area contributed by atoms with E-state index < -0.39 is 52.6 Å². The Hall–Kier alpha value is 0.861. The fraction of sp³-hybridized carbons (Fsp3) is 1.00. The van der Waals surface area contributed by atoms with Crippen LogP contribution in [0.15, 0.2) is 0 Å². The fourth-order valence-electron chi connectivity index (χ4n) is 3.86. The third-order valence-corrected chi connectivity index (χ3v) is 28.5. The van der Waals surface area contributed by atoms with Crippen molar-refractivity contribution in [3.63, 3.8) is 0 Å². The largest absolute Gasteiger partial charge is 0.500 e. The van der Waals surface area contributed by atoms with E-state index >= 15 is 0 Å². The van der Waals surface area contributed by atoms with Crippen LogP contribution in [0.3, 0.4) is 0 Å². The molecule has 0 aliphatic carbocycles. The maximum atomic E-state index is 10.1. The van der Waals surface area contributed by atoms with Crippen molar-refractivity contribution >= 4 is 52.6 Å². The molecule has 11 nitrogen and oxygen atoms in total. The molecule has 1 rings (SSSR count). The zero-order chi connectivity index (χ0) is 24.7. The van der Waals surface area contributed by atoms with Gasteiger partial charge in [-0.15, -0.1) is 0 Å². The van der Waals surface area contributed by atoms with E-state index in [0.717, 1.165) is 0 Å². The van der Waals surface area contributed by atoms with Gasteiger partial charge in [-0.2, -0.15) is 0 Å². The van der Waals surface area contributed by atoms with E-state index in [1.807, 2.05) is 26.2 Å². The first kappa shape index (κ1) is 30.9. The molecule has 1 heterocycles. The minimum Gasteiger partial charge on any atom is -0.418 e. The second-order valence-corrected chi connectivity index (χ2v) is 27.1. The van der Waals surface area contributed by atoms with E-state index in [1.54, 1.807) is 42.7 Å². The Morgan fingerprint density at radius 1 is 0.656 bits per heavy atom. The van der Waals surface area contributed by atoms with Crippen molar-refractivity contribution in [1.29, 1.82) is 0 Å². The van der Waals surface area contributed by atoms with Crippen molar-refractivity contribution < 1.29 is 48.1 Å². The Balaban J connectivity index is 3.21. The van der Waals surface area contributed by atoms with Crippen LogP contribution >= 0.6 is 0 Å². The van der Waals surface area contributed by atoms with Gasteiger partial charge in [0.1, 0.15) is 0 Å². The maximum Gasteiger partial charge on any atom is 0.500 e. The van der Waals surface area contributed by atoms with E-state index in [4.69, 9.17) is 43.0 Å². The topological polar surface area (TPSA) is 113 Å². The highest BCUT2D eigenvalue weighted by atomic mass is 28.5. The summed E-state index contributed by atoms with van der Waals surface area (Å²) in [6.07, 6.45) is -0.174. The quantitative estimate of drug-likeness (QED) is 0.327. The molecule has 0 amide bonds. The van der Waals surface area contributed by atoms with Crippen molar-refractivity contribution in [1.82, 2.24) is 0 Å². The monoisotopic (exact) mass is 566 g/mol. The molecule has 0 bridgehead atoms. The lowest BCUT2D eigenvalue weighted by molar-refractivity contribution is 0.123. The molecule has 1 saturated heterocycles. The van der Waals surface area contributed by atoms with Crippen LogP contribution in [0.5, 0.6) is 0 Å². The molecule has 1 N–H and O–H groups in total. The van der Waals surface area contributed by atoms with Crippen LogP contribution in [0.2, 0.25) is 50.4 Å².